The van der Waals surface area contributed by atoms with Gasteiger partial charge in [0.1, 0.15) is 17.6 Å². The lowest BCUT2D eigenvalue weighted by Crippen LogP contribution is -2.64. The first kappa shape index (κ1) is 25.5. The Morgan fingerprint density at radius 1 is 1.03 bits per heavy atom. The average molecular weight is 490 g/mol. The highest BCUT2D eigenvalue weighted by molar-refractivity contribution is 5.89. The summed E-state index contributed by atoms with van der Waals surface area (Å²) in [7, 11) is 1.65. The van der Waals surface area contributed by atoms with Crippen LogP contribution in [0.5, 0.6) is 5.75 Å². The van der Waals surface area contributed by atoms with E-state index in [1.807, 2.05) is 81.4 Å². The van der Waals surface area contributed by atoms with Gasteiger partial charge in [-0.05, 0) is 42.3 Å². The molecule has 1 aliphatic rings. The minimum Gasteiger partial charge on any atom is -0.497 e. The lowest BCUT2D eigenvalue weighted by Gasteiger charge is -2.45. The van der Waals surface area contributed by atoms with Gasteiger partial charge >= 0.3 is 0 Å². The first-order valence-corrected chi connectivity index (χ1v) is 12.4. The Labute approximate surface area is 213 Å². The van der Waals surface area contributed by atoms with Crippen LogP contribution in [0.15, 0.2) is 71.3 Å². The van der Waals surface area contributed by atoms with Crippen molar-refractivity contribution < 1.29 is 18.7 Å². The van der Waals surface area contributed by atoms with Crippen molar-refractivity contribution in [2.24, 2.45) is 5.92 Å². The smallest absolute Gasteiger partial charge is 0.244 e. The van der Waals surface area contributed by atoms with Crippen molar-refractivity contribution in [1.82, 2.24) is 15.1 Å². The van der Waals surface area contributed by atoms with Gasteiger partial charge in [0.15, 0.2) is 0 Å². The van der Waals surface area contributed by atoms with E-state index in [1.165, 1.54) is 0 Å². The van der Waals surface area contributed by atoms with Gasteiger partial charge in [0.25, 0.3) is 0 Å². The van der Waals surface area contributed by atoms with Gasteiger partial charge in [-0.2, -0.15) is 0 Å². The maximum Gasteiger partial charge on any atom is 0.244 e. The number of piperazine rings is 1. The molecule has 1 saturated heterocycles. The van der Waals surface area contributed by atoms with E-state index in [1.54, 1.807) is 18.3 Å². The number of amides is 2. The number of hydrogen-bond acceptors (Lipinski definition) is 5. The molecule has 0 bridgehead atoms. The largest absolute Gasteiger partial charge is 0.497 e. The van der Waals surface area contributed by atoms with Crippen molar-refractivity contribution in [3.8, 4) is 17.1 Å². The maximum atomic E-state index is 13.4. The summed E-state index contributed by atoms with van der Waals surface area (Å²) in [5.74, 6) is 1.32. The zero-order valence-corrected chi connectivity index (χ0v) is 21.4. The highest BCUT2D eigenvalue weighted by atomic mass is 16.5. The average Bonchev–Trinajstić information content (AvgIpc) is 3.42. The Bertz CT molecular complexity index is 1140. The summed E-state index contributed by atoms with van der Waals surface area (Å²) >= 11 is 0. The molecule has 36 heavy (non-hydrogen) atoms. The molecule has 1 fully saturated rings. The molecule has 2 amide bonds. The van der Waals surface area contributed by atoms with Crippen LogP contribution < -0.4 is 10.1 Å². The number of benzene rings is 2. The first-order valence-electron chi connectivity index (χ1n) is 12.4. The molecule has 3 aromatic rings. The molecule has 0 spiro atoms. The number of methoxy groups -OCH3 is 1. The van der Waals surface area contributed by atoms with Gasteiger partial charge in [-0.3, -0.25) is 14.5 Å². The summed E-state index contributed by atoms with van der Waals surface area (Å²) in [6.45, 7) is 8.08. The van der Waals surface area contributed by atoms with E-state index in [0.717, 1.165) is 28.2 Å². The van der Waals surface area contributed by atoms with Crippen molar-refractivity contribution in [2.75, 3.05) is 20.2 Å². The monoisotopic (exact) mass is 489 g/mol. The van der Waals surface area contributed by atoms with E-state index < -0.39 is 6.04 Å². The van der Waals surface area contributed by atoms with Crippen molar-refractivity contribution in [3.05, 3.63) is 78.1 Å². The van der Waals surface area contributed by atoms with Gasteiger partial charge in [0.2, 0.25) is 11.8 Å². The molecule has 1 aromatic heterocycles. The number of rotatable bonds is 8. The predicted molar refractivity (Wildman–Crippen MR) is 139 cm³/mol. The Hall–Kier alpha value is -3.58. The van der Waals surface area contributed by atoms with Gasteiger partial charge in [0, 0.05) is 43.7 Å². The number of nitrogens with one attached hydrogen (secondary N) is 1. The second-order valence-corrected chi connectivity index (χ2v) is 9.70. The van der Waals surface area contributed by atoms with Crippen LogP contribution in [-0.4, -0.2) is 53.9 Å². The summed E-state index contributed by atoms with van der Waals surface area (Å²) in [4.78, 5) is 30.5. The maximum absolute atomic E-state index is 13.4. The Balaban J connectivity index is 1.45. The fourth-order valence-electron chi connectivity index (χ4n) is 4.71. The quantitative estimate of drug-likeness (QED) is 0.510. The van der Waals surface area contributed by atoms with Gasteiger partial charge in [-0.1, -0.05) is 50.2 Å². The fraction of sp³-hybridized carbons (Fsp3) is 0.379. The topological polar surface area (TPSA) is 75.0 Å². The van der Waals surface area contributed by atoms with Gasteiger partial charge in [-0.15, -0.1) is 0 Å². The standard InChI is InChI=1S/C29H35N3O4/c1-20(2)29(34)32-21(3)17-31(18-23-9-13-25(35-4)14-10-23)19-26(32)28(33)30-16-22-7-11-24(12-8-22)27-6-5-15-36-27/h5-15,20-21,26H,16-19H2,1-4H3,(H,30,33). The van der Waals surface area contributed by atoms with Crippen LogP contribution in [0.25, 0.3) is 11.3 Å². The predicted octanol–water partition coefficient (Wildman–Crippen LogP) is 4.33. The van der Waals surface area contributed by atoms with E-state index in [0.29, 0.717) is 26.2 Å². The minimum atomic E-state index is -0.552. The van der Waals surface area contributed by atoms with E-state index >= 15 is 0 Å². The first-order chi connectivity index (χ1) is 17.4. The lowest BCUT2D eigenvalue weighted by molar-refractivity contribution is -0.150. The van der Waals surface area contributed by atoms with E-state index in [-0.39, 0.29) is 23.8 Å². The Morgan fingerprint density at radius 3 is 2.33 bits per heavy atom. The third-order valence-electron chi connectivity index (χ3n) is 6.61. The zero-order valence-electron chi connectivity index (χ0n) is 21.4. The minimum absolute atomic E-state index is 0.00884. The Kier molecular flexibility index (Phi) is 8.10. The molecular formula is C29H35N3O4. The van der Waals surface area contributed by atoms with Crippen molar-refractivity contribution in [1.29, 1.82) is 0 Å². The number of furan rings is 1. The van der Waals surface area contributed by atoms with Crippen LogP contribution in [0.3, 0.4) is 0 Å². The summed E-state index contributed by atoms with van der Waals surface area (Å²) < 4.78 is 10.7. The Morgan fingerprint density at radius 2 is 1.72 bits per heavy atom. The van der Waals surface area contributed by atoms with Crippen molar-refractivity contribution >= 4 is 11.8 Å². The molecule has 7 nitrogen and oxygen atoms in total. The second-order valence-electron chi connectivity index (χ2n) is 9.70. The van der Waals surface area contributed by atoms with Crippen LogP contribution in [0.1, 0.15) is 31.9 Å². The van der Waals surface area contributed by atoms with Crippen LogP contribution in [-0.2, 0) is 22.7 Å². The highest BCUT2D eigenvalue weighted by Gasteiger charge is 2.39. The molecule has 190 valence electrons. The normalized spacial score (nSPS) is 18.3. The van der Waals surface area contributed by atoms with Crippen LogP contribution >= 0.6 is 0 Å². The molecule has 2 atom stereocenters. The molecule has 0 radical (unpaired) electrons. The third-order valence-corrected chi connectivity index (χ3v) is 6.61. The SMILES string of the molecule is COc1ccc(CN2CC(C)N(C(=O)C(C)C)C(C(=O)NCc3ccc(-c4ccco4)cc3)C2)cc1. The summed E-state index contributed by atoms with van der Waals surface area (Å²) in [5, 5.41) is 3.07. The van der Waals surface area contributed by atoms with Gasteiger partial charge < -0.3 is 19.4 Å². The summed E-state index contributed by atoms with van der Waals surface area (Å²) in [5.41, 5.74) is 3.11. The number of carbonyl (C=O) groups excluding carboxylic acids is 2. The highest BCUT2D eigenvalue weighted by Crippen LogP contribution is 2.23. The molecule has 1 N–H and O–H groups in total. The molecule has 0 aliphatic carbocycles. The van der Waals surface area contributed by atoms with Crippen molar-refractivity contribution in [2.45, 2.75) is 45.9 Å². The van der Waals surface area contributed by atoms with Crippen molar-refractivity contribution in [3.63, 3.8) is 0 Å². The van der Waals surface area contributed by atoms with Gasteiger partial charge in [0.05, 0.1) is 13.4 Å². The molecule has 2 heterocycles. The summed E-state index contributed by atoms with van der Waals surface area (Å²) in [6.07, 6.45) is 1.65. The molecule has 1 aliphatic heterocycles. The molecular weight excluding hydrogens is 454 g/mol. The molecule has 2 unspecified atom stereocenters. The fourth-order valence-corrected chi connectivity index (χ4v) is 4.71. The second kappa shape index (κ2) is 11.4. The molecule has 0 saturated carbocycles. The summed E-state index contributed by atoms with van der Waals surface area (Å²) in [6, 6.07) is 19.0. The van der Waals surface area contributed by atoms with Gasteiger partial charge in [-0.25, -0.2) is 0 Å². The van der Waals surface area contributed by atoms with E-state index in [4.69, 9.17) is 9.15 Å². The number of nitrogens with zero attached hydrogens (tertiary/aromatic N) is 2. The lowest BCUT2D eigenvalue weighted by atomic mass is 10.0. The third kappa shape index (κ3) is 5.97. The van der Waals surface area contributed by atoms with Crippen LogP contribution in [0.2, 0.25) is 0 Å². The molecule has 7 heteroatoms. The van der Waals surface area contributed by atoms with E-state index in [9.17, 15) is 9.59 Å². The molecule has 2 aromatic carbocycles. The number of hydrogen-bond donors (Lipinski definition) is 1. The van der Waals surface area contributed by atoms with Crippen LogP contribution in [0.4, 0.5) is 0 Å². The van der Waals surface area contributed by atoms with Crippen LogP contribution in [0, 0.1) is 5.92 Å². The number of carbonyl (C=O) groups is 2. The van der Waals surface area contributed by atoms with E-state index in [2.05, 4.69) is 10.2 Å². The molecule has 4 rings (SSSR count). The number of ether oxygens (including phenoxy) is 1. The zero-order chi connectivity index (χ0) is 25.7.